The molecular formula is C64H46N2. The number of nitrogens with one attached hydrogen (secondary N) is 1. The van der Waals surface area contributed by atoms with E-state index in [4.69, 9.17) is 4.99 Å². The van der Waals surface area contributed by atoms with Crippen LogP contribution in [0.4, 0.5) is 0 Å². The fourth-order valence-electron chi connectivity index (χ4n) is 9.01. The van der Waals surface area contributed by atoms with Gasteiger partial charge >= 0.3 is 0 Å². The molecule has 10 aromatic rings. The number of nitrogens with zero attached hydrogens (tertiary/aromatic N) is 1. The first kappa shape index (κ1) is 40.2. The number of aryl methyl sites for hydroxylation is 1. The van der Waals surface area contributed by atoms with Crippen LogP contribution < -0.4 is 0 Å². The minimum atomic E-state index is 0.920. The molecule has 1 aromatic heterocycles. The van der Waals surface area contributed by atoms with Gasteiger partial charge in [0.05, 0.1) is 17.1 Å². The van der Waals surface area contributed by atoms with Gasteiger partial charge in [-0.15, -0.1) is 0 Å². The van der Waals surface area contributed by atoms with Crippen molar-refractivity contribution in [3.8, 4) is 66.9 Å². The van der Waals surface area contributed by atoms with Crippen LogP contribution in [0.25, 0.3) is 78.0 Å². The molecule has 66 heavy (non-hydrogen) atoms. The van der Waals surface area contributed by atoms with E-state index in [-0.39, 0.29) is 0 Å². The summed E-state index contributed by atoms with van der Waals surface area (Å²) in [7, 11) is 0. The summed E-state index contributed by atoms with van der Waals surface area (Å²) in [4.78, 5) is 9.69. The predicted octanol–water partition coefficient (Wildman–Crippen LogP) is 16.7. The Morgan fingerprint density at radius 1 is 0.348 bits per heavy atom. The Morgan fingerprint density at radius 2 is 0.712 bits per heavy atom. The lowest BCUT2D eigenvalue weighted by molar-refractivity contribution is 1.31. The first-order valence-corrected chi connectivity index (χ1v) is 22.6. The molecule has 0 saturated carbocycles. The van der Waals surface area contributed by atoms with Crippen LogP contribution in [0.2, 0.25) is 0 Å². The maximum absolute atomic E-state index is 5.67. The summed E-state index contributed by atoms with van der Waals surface area (Å²) < 4.78 is 0. The molecule has 1 aliphatic rings. The maximum Gasteiger partial charge on any atom is 0.0815 e. The van der Waals surface area contributed by atoms with E-state index in [1.807, 2.05) is 0 Å². The van der Waals surface area contributed by atoms with Crippen LogP contribution in [0.3, 0.4) is 0 Å². The van der Waals surface area contributed by atoms with Crippen molar-refractivity contribution in [1.29, 1.82) is 0 Å². The van der Waals surface area contributed by atoms with Gasteiger partial charge in [-0.25, -0.2) is 4.99 Å². The predicted molar refractivity (Wildman–Crippen MR) is 278 cm³/mol. The second-order valence-electron chi connectivity index (χ2n) is 16.9. The summed E-state index contributed by atoms with van der Waals surface area (Å²) in [6.07, 6.45) is 2.28. The summed E-state index contributed by atoms with van der Waals surface area (Å²) >= 11 is 0. The van der Waals surface area contributed by atoms with Gasteiger partial charge in [-0.3, -0.25) is 0 Å². The smallest absolute Gasteiger partial charge is 0.0815 e. The molecule has 1 aliphatic heterocycles. The fraction of sp³-hybridized carbons (Fsp3) is 0.0156. The summed E-state index contributed by atoms with van der Waals surface area (Å²) in [5.41, 5.74) is 23.3. The minimum Gasteiger partial charge on any atom is -0.354 e. The number of aromatic amines is 1. The lowest BCUT2D eigenvalue weighted by atomic mass is 9.90. The van der Waals surface area contributed by atoms with Crippen LogP contribution in [-0.4, -0.2) is 10.7 Å². The van der Waals surface area contributed by atoms with Gasteiger partial charge < -0.3 is 4.98 Å². The van der Waals surface area contributed by atoms with Crippen molar-refractivity contribution in [1.82, 2.24) is 4.98 Å². The van der Waals surface area contributed by atoms with Crippen LogP contribution in [0.15, 0.2) is 265 Å². The molecule has 0 fully saturated rings. The molecule has 0 aliphatic carbocycles. The lowest BCUT2D eigenvalue weighted by Crippen LogP contribution is -1.98. The molecule has 0 saturated heterocycles. The van der Waals surface area contributed by atoms with Crippen molar-refractivity contribution >= 4 is 16.9 Å². The number of hydrogen-bond donors (Lipinski definition) is 1. The summed E-state index contributed by atoms with van der Waals surface area (Å²) in [6.45, 7) is 2.15. The number of allylic oxidation sites excluding steroid dienone is 2. The number of aliphatic imine (C=N–C) groups is 1. The highest BCUT2D eigenvalue weighted by molar-refractivity contribution is 6.20. The Morgan fingerprint density at radius 3 is 1.15 bits per heavy atom. The number of rotatable bonds is 10. The zero-order chi connectivity index (χ0) is 44.2. The maximum atomic E-state index is 5.67. The Hall–Kier alpha value is -8.59. The zero-order valence-corrected chi connectivity index (χ0v) is 36.7. The van der Waals surface area contributed by atoms with E-state index >= 15 is 0 Å². The third-order valence-corrected chi connectivity index (χ3v) is 12.6. The van der Waals surface area contributed by atoms with Crippen molar-refractivity contribution in [2.45, 2.75) is 6.92 Å². The van der Waals surface area contributed by atoms with Gasteiger partial charge in [-0.05, 0) is 85.8 Å². The van der Waals surface area contributed by atoms with Gasteiger partial charge in [0.2, 0.25) is 0 Å². The van der Waals surface area contributed by atoms with Crippen LogP contribution in [0.5, 0.6) is 0 Å². The van der Waals surface area contributed by atoms with Crippen LogP contribution in [0, 0.1) is 6.92 Å². The molecule has 0 radical (unpaired) electrons. The third-order valence-electron chi connectivity index (χ3n) is 12.6. The van der Waals surface area contributed by atoms with Gasteiger partial charge in [-0.2, -0.15) is 0 Å². The van der Waals surface area contributed by atoms with Crippen molar-refractivity contribution in [2.75, 3.05) is 0 Å². The quantitative estimate of drug-likeness (QED) is 0.142. The van der Waals surface area contributed by atoms with Crippen LogP contribution in [0.1, 0.15) is 27.9 Å². The van der Waals surface area contributed by atoms with E-state index in [1.165, 1.54) is 50.1 Å². The number of benzene rings is 9. The summed E-state index contributed by atoms with van der Waals surface area (Å²) in [6, 6.07) is 89.1. The highest BCUT2D eigenvalue weighted by Gasteiger charge is 2.27. The van der Waals surface area contributed by atoms with Crippen molar-refractivity contribution in [3.63, 3.8) is 0 Å². The normalized spacial score (nSPS) is 13.0. The first-order valence-electron chi connectivity index (χ1n) is 22.6. The molecule has 2 heteroatoms. The second kappa shape index (κ2) is 17.9. The van der Waals surface area contributed by atoms with Crippen LogP contribution >= 0.6 is 0 Å². The molecule has 9 aromatic carbocycles. The molecule has 312 valence electrons. The fourth-order valence-corrected chi connectivity index (χ4v) is 9.01. The molecular weight excluding hydrogens is 797 g/mol. The van der Waals surface area contributed by atoms with Gasteiger partial charge in [0.25, 0.3) is 0 Å². The highest BCUT2D eigenvalue weighted by Crippen LogP contribution is 2.44. The number of hydrogen-bond acceptors (Lipinski definition) is 1. The van der Waals surface area contributed by atoms with E-state index < -0.39 is 0 Å². The molecule has 0 spiro atoms. The summed E-state index contributed by atoms with van der Waals surface area (Å²) in [5, 5.41) is 0. The van der Waals surface area contributed by atoms with E-state index in [9.17, 15) is 0 Å². The molecule has 0 atom stereocenters. The van der Waals surface area contributed by atoms with E-state index in [2.05, 4.69) is 267 Å². The van der Waals surface area contributed by atoms with Crippen molar-refractivity contribution in [3.05, 3.63) is 288 Å². The number of H-pyrrole nitrogens is 1. The Labute approximate surface area is 387 Å². The van der Waals surface area contributed by atoms with E-state index in [0.717, 1.165) is 67.3 Å². The monoisotopic (exact) mass is 842 g/mol. The van der Waals surface area contributed by atoms with Crippen molar-refractivity contribution in [2.24, 2.45) is 4.99 Å². The van der Waals surface area contributed by atoms with Gasteiger partial charge in [0.15, 0.2) is 0 Å². The van der Waals surface area contributed by atoms with Crippen LogP contribution in [-0.2, 0) is 0 Å². The molecule has 0 bridgehead atoms. The third kappa shape index (κ3) is 8.20. The SMILES string of the molecule is Cc1ccc(/C(=C2/N=C(c3ccc(-c4ccccc4)cc3)C=C2c2ccc(-c3ccccc3)cc2)c2[nH]c(-c3ccc(-c4ccccc4)cc3)cc2-c2ccc(-c3ccccc3)cc2)cc1. The Balaban J connectivity index is 1.12. The highest BCUT2D eigenvalue weighted by atomic mass is 14.8. The average Bonchev–Trinajstić information content (AvgIpc) is 4.04. The molecule has 2 heterocycles. The van der Waals surface area contributed by atoms with E-state index in [0.29, 0.717) is 0 Å². The van der Waals surface area contributed by atoms with Crippen molar-refractivity contribution < 1.29 is 0 Å². The number of aromatic nitrogens is 1. The second-order valence-corrected chi connectivity index (χ2v) is 16.9. The largest absolute Gasteiger partial charge is 0.354 e. The van der Waals surface area contributed by atoms with Gasteiger partial charge in [0, 0.05) is 28.0 Å². The minimum absolute atomic E-state index is 0.920. The molecule has 11 rings (SSSR count). The Bertz CT molecular complexity index is 3360. The zero-order valence-electron chi connectivity index (χ0n) is 36.7. The van der Waals surface area contributed by atoms with Gasteiger partial charge in [-0.1, -0.05) is 248 Å². The standard InChI is InChI=1S/C64H46N2/c1-44-22-24-57(25-23-44)62(63-58(53-34-26-49(27-35-53)45-14-6-2-7-15-45)42-60(65-63)55-38-30-51(31-39-55)47-18-10-4-11-19-47)64-59(54-36-28-50(29-37-54)46-16-8-3-9-17-46)43-61(66-64)56-40-32-52(33-41-56)48-20-12-5-13-21-48/h2-43,65H,1H3/b64-62-. The first-order chi connectivity index (χ1) is 32.6. The van der Waals surface area contributed by atoms with E-state index in [1.54, 1.807) is 0 Å². The summed E-state index contributed by atoms with van der Waals surface area (Å²) in [5.74, 6) is 0. The topological polar surface area (TPSA) is 28.1 Å². The lowest BCUT2D eigenvalue weighted by Gasteiger charge is -2.16. The Kier molecular flexibility index (Phi) is 10.9. The molecule has 1 N–H and O–H groups in total. The van der Waals surface area contributed by atoms with Gasteiger partial charge in [0.1, 0.15) is 0 Å². The molecule has 0 amide bonds. The molecule has 2 nitrogen and oxygen atoms in total. The molecule has 0 unspecified atom stereocenters. The average molecular weight is 843 g/mol.